The zero-order chi connectivity index (χ0) is 18.9. The molecule has 0 aliphatic carbocycles. The Kier molecular flexibility index (Phi) is 7.29. The van der Waals surface area contributed by atoms with E-state index in [1.165, 1.54) is 0 Å². The number of ether oxygens (including phenoxy) is 2. The van der Waals surface area contributed by atoms with Gasteiger partial charge < -0.3 is 20.1 Å². The Balaban J connectivity index is 1.76. The van der Waals surface area contributed by atoms with Crippen molar-refractivity contribution in [3.8, 4) is 11.5 Å². The van der Waals surface area contributed by atoms with Crippen molar-refractivity contribution < 1.29 is 19.1 Å². The maximum atomic E-state index is 11.9. The molecule has 0 spiro atoms. The minimum atomic E-state index is -0.274. The number of nitrogens with one attached hydrogen (secondary N) is 2. The molecule has 2 aromatic carbocycles. The van der Waals surface area contributed by atoms with E-state index in [0.29, 0.717) is 23.1 Å². The standard InChI is InChI=1S/C19H21ClN2O4/c1-25-16-8-5-14(9-17(16)26-2)11-21-19(24)12-22-18(23)10-13-3-6-15(20)7-4-13/h3-9H,10-12H2,1-2H3,(H,21,24)(H,22,23). The van der Waals surface area contributed by atoms with E-state index >= 15 is 0 Å². The molecule has 2 rings (SSSR count). The number of carbonyl (C=O) groups is 2. The summed E-state index contributed by atoms with van der Waals surface area (Å²) in [7, 11) is 3.11. The Morgan fingerprint density at radius 1 is 0.885 bits per heavy atom. The van der Waals surface area contributed by atoms with Gasteiger partial charge in [0.1, 0.15) is 0 Å². The van der Waals surface area contributed by atoms with Crippen LogP contribution < -0.4 is 20.1 Å². The number of rotatable bonds is 8. The van der Waals surface area contributed by atoms with Crippen LogP contribution in [0.4, 0.5) is 0 Å². The summed E-state index contributed by atoms with van der Waals surface area (Å²) in [6.45, 7) is 0.242. The van der Waals surface area contributed by atoms with Crippen molar-refractivity contribution in [2.24, 2.45) is 0 Å². The number of hydrogen-bond acceptors (Lipinski definition) is 4. The Morgan fingerprint density at radius 2 is 1.54 bits per heavy atom. The molecule has 6 nitrogen and oxygen atoms in total. The number of methoxy groups -OCH3 is 2. The van der Waals surface area contributed by atoms with Crippen LogP contribution in [0.1, 0.15) is 11.1 Å². The van der Waals surface area contributed by atoms with Crippen molar-refractivity contribution >= 4 is 23.4 Å². The topological polar surface area (TPSA) is 76.7 Å². The van der Waals surface area contributed by atoms with Crippen LogP contribution in [0.25, 0.3) is 0 Å². The Labute approximate surface area is 157 Å². The highest BCUT2D eigenvalue weighted by Crippen LogP contribution is 2.27. The highest BCUT2D eigenvalue weighted by atomic mass is 35.5. The third kappa shape index (κ3) is 5.97. The van der Waals surface area contributed by atoms with E-state index < -0.39 is 0 Å². The van der Waals surface area contributed by atoms with Gasteiger partial charge in [0.05, 0.1) is 27.2 Å². The summed E-state index contributed by atoms with van der Waals surface area (Å²) in [5.41, 5.74) is 1.70. The van der Waals surface area contributed by atoms with E-state index in [-0.39, 0.29) is 24.8 Å². The fourth-order valence-corrected chi connectivity index (χ4v) is 2.41. The van der Waals surface area contributed by atoms with Crippen LogP contribution in [0.15, 0.2) is 42.5 Å². The normalized spacial score (nSPS) is 10.1. The van der Waals surface area contributed by atoms with Crippen LogP contribution in [0.2, 0.25) is 5.02 Å². The van der Waals surface area contributed by atoms with E-state index in [2.05, 4.69) is 10.6 Å². The van der Waals surface area contributed by atoms with Crippen LogP contribution in [0.5, 0.6) is 11.5 Å². The maximum Gasteiger partial charge on any atom is 0.239 e. The molecule has 0 saturated carbocycles. The van der Waals surface area contributed by atoms with Crippen LogP contribution in [0, 0.1) is 0 Å². The summed E-state index contributed by atoms with van der Waals surface area (Å²) in [5.74, 6) is 0.713. The highest BCUT2D eigenvalue weighted by molar-refractivity contribution is 6.30. The van der Waals surface area contributed by atoms with Gasteiger partial charge >= 0.3 is 0 Å². The molecular formula is C19H21ClN2O4. The maximum absolute atomic E-state index is 11.9. The van der Waals surface area contributed by atoms with Crippen LogP contribution in [-0.2, 0) is 22.6 Å². The van der Waals surface area contributed by atoms with Gasteiger partial charge in [-0.25, -0.2) is 0 Å². The molecule has 0 atom stereocenters. The van der Waals surface area contributed by atoms with E-state index in [4.69, 9.17) is 21.1 Å². The van der Waals surface area contributed by atoms with Gasteiger partial charge in [0, 0.05) is 11.6 Å². The number of amides is 2. The molecule has 0 heterocycles. The fraction of sp³-hybridized carbons (Fsp3) is 0.263. The molecule has 0 saturated heterocycles. The lowest BCUT2D eigenvalue weighted by molar-refractivity contribution is -0.125. The van der Waals surface area contributed by atoms with E-state index in [1.807, 2.05) is 6.07 Å². The molecule has 0 radical (unpaired) electrons. The molecule has 0 fully saturated rings. The van der Waals surface area contributed by atoms with Crippen molar-refractivity contribution in [1.82, 2.24) is 10.6 Å². The van der Waals surface area contributed by atoms with Gasteiger partial charge in [0.2, 0.25) is 11.8 Å². The molecule has 0 unspecified atom stereocenters. The molecule has 2 amide bonds. The van der Waals surface area contributed by atoms with E-state index in [9.17, 15) is 9.59 Å². The minimum Gasteiger partial charge on any atom is -0.493 e. The van der Waals surface area contributed by atoms with Crippen LogP contribution in [-0.4, -0.2) is 32.6 Å². The first-order chi connectivity index (χ1) is 12.5. The van der Waals surface area contributed by atoms with Gasteiger partial charge in [-0.3, -0.25) is 9.59 Å². The molecule has 138 valence electrons. The van der Waals surface area contributed by atoms with Crippen molar-refractivity contribution in [1.29, 1.82) is 0 Å². The summed E-state index contributed by atoms with van der Waals surface area (Å²) in [6, 6.07) is 12.4. The first kappa shape index (κ1) is 19.6. The number of halogens is 1. The van der Waals surface area contributed by atoms with Crippen molar-refractivity contribution in [2.75, 3.05) is 20.8 Å². The summed E-state index contributed by atoms with van der Waals surface area (Å²) < 4.78 is 10.4. The van der Waals surface area contributed by atoms with E-state index in [1.54, 1.807) is 50.6 Å². The quantitative estimate of drug-likeness (QED) is 0.741. The Bertz CT molecular complexity index is 763. The monoisotopic (exact) mass is 376 g/mol. The lowest BCUT2D eigenvalue weighted by atomic mass is 10.1. The molecule has 26 heavy (non-hydrogen) atoms. The SMILES string of the molecule is COc1ccc(CNC(=O)CNC(=O)Cc2ccc(Cl)cc2)cc1OC. The fourth-order valence-electron chi connectivity index (χ4n) is 2.28. The summed E-state index contributed by atoms with van der Waals surface area (Å²) in [5, 5.41) is 5.96. The molecule has 2 aromatic rings. The second kappa shape index (κ2) is 9.68. The zero-order valence-corrected chi connectivity index (χ0v) is 15.4. The number of carbonyl (C=O) groups excluding carboxylic acids is 2. The van der Waals surface area contributed by atoms with Gasteiger partial charge in [-0.15, -0.1) is 0 Å². The van der Waals surface area contributed by atoms with Crippen molar-refractivity contribution in [2.45, 2.75) is 13.0 Å². The van der Waals surface area contributed by atoms with Gasteiger partial charge in [-0.1, -0.05) is 29.8 Å². The average molecular weight is 377 g/mol. The molecule has 7 heteroatoms. The largest absolute Gasteiger partial charge is 0.493 e. The first-order valence-corrected chi connectivity index (χ1v) is 8.38. The molecule has 2 N–H and O–H groups in total. The second-order valence-corrected chi connectivity index (χ2v) is 5.98. The van der Waals surface area contributed by atoms with Crippen molar-refractivity contribution in [3.63, 3.8) is 0 Å². The number of hydrogen-bond donors (Lipinski definition) is 2. The van der Waals surface area contributed by atoms with Gasteiger partial charge in [0.25, 0.3) is 0 Å². The van der Waals surface area contributed by atoms with Gasteiger partial charge in [-0.05, 0) is 35.4 Å². The zero-order valence-electron chi connectivity index (χ0n) is 14.7. The van der Waals surface area contributed by atoms with Gasteiger partial charge in [0.15, 0.2) is 11.5 Å². The van der Waals surface area contributed by atoms with Crippen LogP contribution >= 0.6 is 11.6 Å². The highest BCUT2D eigenvalue weighted by Gasteiger charge is 2.08. The lowest BCUT2D eigenvalue weighted by Crippen LogP contribution is -2.37. The molecule has 0 aliphatic heterocycles. The summed E-state index contributed by atoms with van der Waals surface area (Å²) in [6.07, 6.45) is 0.195. The summed E-state index contributed by atoms with van der Waals surface area (Å²) >= 11 is 5.80. The summed E-state index contributed by atoms with van der Waals surface area (Å²) in [4.78, 5) is 23.8. The predicted molar refractivity (Wildman–Crippen MR) is 99.6 cm³/mol. The molecule has 0 bridgehead atoms. The number of benzene rings is 2. The average Bonchev–Trinajstić information content (AvgIpc) is 2.66. The second-order valence-electron chi connectivity index (χ2n) is 5.55. The Morgan fingerprint density at radius 3 is 2.19 bits per heavy atom. The van der Waals surface area contributed by atoms with Crippen molar-refractivity contribution in [3.05, 3.63) is 58.6 Å². The Hall–Kier alpha value is -2.73. The lowest BCUT2D eigenvalue weighted by Gasteiger charge is -2.11. The van der Waals surface area contributed by atoms with Gasteiger partial charge in [-0.2, -0.15) is 0 Å². The van der Waals surface area contributed by atoms with E-state index in [0.717, 1.165) is 11.1 Å². The minimum absolute atomic E-state index is 0.0836. The molecule has 0 aliphatic rings. The first-order valence-electron chi connectivity index (χ1n) is 8.00. The molecular weight excluding hydrogens is 356 g/mol. The third-order valence-electron chi connectivity index (χ3n) is 3.66. The smallest absolute Gasteiger partial charge is 0.239 e. The predicted octanol–water partition coefficient (Wildman–Crippen LogP) is 2.33. The molecule has 0 aromatic heterocycles. The third-order valence-corrected chi connectivity index (χ3v) is 3.91. The van der Waals surface area contributed by atoms with Crippen LogP contribution in [0.3, 0.4) is 0 Å².